The van der Waals surface area contributed by atoms with Gasteiger partial charge in [0.15, 0.2) is 0 Å². The SMILES string of the molecule is CC(SCc1nc(N)nc(Nc2ccccc2)n1)C(=O)Nc1cccc(Br)c1. The van der Waals surface area contributed by atoms with Crippen LogP contribution in [0.4, 0.5) is 23.3 Å². The Hall–Kier alpha value is -2.65. The van der Waals surface area contributed by atoms with Gasteiger partial charge in [-0.1, -0.05) is 40.2 Å². The van der Waals surface area contributed by atoms with E-state index in [1.165, 1.54) is 11.8 Å². The number of hydrogen-bond acceptors (Lipinski definition) is 7. The Morgan fingerprint density at radius 2 is 1.86 bits per heavy atom. The Bertz CT molecular complexity index is 956. The molecule has 2 aromatic carbocycles. The summed E-state index contributed by atoms with van der Waals surface area (Å²) < 4.78 is 0.907. The molecule has 1 amide bonds. The molecule has 1 heterocycles. The van der Waals surface area contributed by atoms with Crippen LogP contribution in [0.1, 0.15) is 12.7 Å². The number of para-hydroxylation sites is 1. The first-order chi connectivity index (χ1) is 13.5. The van der Waals surface area contributed by atoms with E-state index in [1.54, 1.807) is 0 Å². The molecule has 3 aromatic rings. The number of nitrogens with two attached hydrogens (primary N) is 1. The van der Waals surface area contributed by atoms with Crippen LogP contribution in [0.15, 0.2) is 59.1 Å². The number of benzene rings is 2. The zero-order valence-electron chi connectivity index (χ0n) is 15.1. The predicted octanol–water partition coefficient (Wildman–Crippen LogP) is 4.22. The molecule has 3 rings (SSSR count). The second-order valence-corrected chi connectivity index (χ2v) is 8.12. The van der Waals surface area contributed by atoms with Gasteiger partial charge in [-0.3, -0.25) is 4.79 Å². The number of nitrogens with one attached hydrogen (secondary N) is 2. The van der Waals surface area contributed by atoms with Crippen molar-refractivity contribution in [1.29, 1.82) is 0 Å². The number of rotatable bonds is 7. The molecule has 1 aromatic heterocycles. The van der Waals surface area contributed by atoms with Crippen LogP contribution < -0.4 is 16.4 Å². The third kappa shape index (κ3) is 5.93. The van der Waals surface area contributed by atoms with Crippen molar-refractivity contribution in [3.63, 3.8) is 0 Å². The van der Waals surface area contributed by atoms with Crippen LogP contribution in [-0.4, -0.2) is 26.1 Å². The molecule has 4 N–H and O–H groups in total. The lowest BCUT2D eigenvalue weighted by molar-refractivity contribution is -0.115. The van der Waals surface area contributed by atoms with Gasteiger partial charge in [-0.2, -0.15) is 15.0 Å². The summed E-state index contributed by atoms with van der Waals surface area (Å²) in [6.45, 7) is 1.84. The number of amides is 1. The van der Waals surface area contributed by atoms with Crippen LogP contribution in [0.3, 0.4) is 0 Å². The molecule has 0 saturated heterocycles. The molecule has 1 unspecified atom stereocenters. The van der Waals surface area contributed by atoms with Crippen LogP contribution in [0, 0.1) is 0 Å². The van der Waals surface area contributed by atoms with Crippen molar-refractivity contribution in [3.8, 4) is 0 Å². The summed E-state index contributed by atoms with van der Waals surface area (Å²) in [5.74, 6) is 1.37. The largest absolute Gasteiger partial charge is 0.368 e. The van der Waals surface area contributed by atoms with E-state index >= 15 is 0 Å². The van der Waals surface area contributed by atoms with Gasteiger partial charge < -0.3 is 16.4 Å². The maximum Gasteiger partial charge on any atom is 0.237 e. The van der Waals surface area contributed by atoms with Crippen molar-refractivity contribution in [2.45, 2.75) is 17.9 Å². The van der Waals surface area contributed by atoms with E-state index in [0.717, 1.165) is 15.8 Å². The van der Waals surface area contributed by atoms with Gasteiger partial charge in [0.2, 0.25) is 17.8 Å². The van der Waals surface area contributed by atoms with Crippen molar-refractivity contribution < 1.29 is 4.79 Å². The Kier molecular flexibility index (Phi) is 6.83. The van der Waals surface area contributed by atoms with Crippen LogP contribution in [0.25, 0.3) is 0 Å². The molecule has 144 valence electrons. The van der Waals surface area contributed by atoms with Crippen molar-refractivity contribution in [1.82, 2.24) is 15.0 Å². The lowest BCUT2D eigenvalue weighted by Crippen LogP contribution is -2.22. The van der Waals surface area contributed by atoms with E-state index in [-0.39, 0.29) is 17.1 Å². The number of anilines is 4. The highest BCUT2D eigenvalue weighted by Gasteiger charge is 2.15. The van der Waals surface area contributed by atoms with Crippen molar-refractivity contribution >= 4 is 56.9 Å². The fourth-order valence-corrected chi connectivity index (χ4v) is 3.43. The zero-order valence-corrected chi connectivity index (χ0v) is 17.5. The third-order valence-corrected chi connectivity index (χ3v) is 5.28. The summed E-state index contributed by atoms with van der Waals surface area (Å²) in [4.78, 5) is 25.0. The maximum atomic E-state index is 12.4. The fourth-order valence-electron chi connectivity index (χ4n) is 2.29. The minimum Gasteiger partial charge on any atom is -0.368 e. The average Bonchev–Trinajstić information content (AvgIpc) is 2.66. The van der Waals surface area contributed by atoms with E-state index in [9.17, 15) is 4.79 Å². The minimum absolute atomic E-state index is 0.0900. The number of nitrogens with zero attached hydrogens (tertiary/aromatic N) is 3. The highest BCUT2D eigenvalue weighted by Crippen LogP contribution is 2.21. The molecule has 0 spiro atoms. The monoisotopic (exact) mass is 458 g/mol. The second kappa shape index (κ2) is 9.52. The van der Waals surface area contributed by atoms with Gasteiger partial charge in [0.25, 0.3) is 0 Å². The standard InChI is InChI=1S/C19H19BrN6OS/c1-12(17(27)22-15-9-5-6-13(20)10-15)28-11-16-24-18(21)26-19(25-16)23-14-7-3-2-4-8-14/h2-10,12H,11H2,1H3,(H,22,27)(H3,21,23,24,25,26). The first-order valence-electron chi connectivity index (χ1n) is 8.50. The van der Waals surface area contributed by atoms with Crippen LogP contribution in [-0.2, 0) is 10.5 Å². The number of carbonyl (C=O) groups excluding carboxylic acids is 1. The summed E-state index contributed by atoms with van der Waals surface area (Å²) in [5, 5.41) is 5.70. The summed E-state index contributed by atoms with van der Waals surface area (Å²) in [5.41, 5.74) is 7.40. The smallest absolute Gasteiger partial charge is 0.237 e. The summed E-state index contributed by atoms with van der Waals surface area (Å²) in [6.07, 6.45) is 0. The molecule has 7 nitrogen and oxygen atoms in total. The first-order valence-corrected chi connectivity index (χ1v) is 10.3. The molecule has 0 bridgehead atoms. The Morgan fingerprint density at radius 1 is 1.11 bits per heavy atom. The molecular weight excluding hydrogens is 440 g/mol. The molecule has 0 aliphatic carbocycles. The summed E-state index contributed by atoms with van der Waals surface area (Å²) >= 11 is 4.82. The van der Waals surface area contributed by atoms with Gasteiger partial charge in [-0.25, -0.2) is 0 Å². The Balaban J connectivity index is 1.59. The van der Waals surface area contributed by atoms with Gasteiger partial charge in [0, 0.05) is 15.8 Å². The van der Waals surface area contributed by atoms with E-state index in [1.807, 2.05) is 61.5 Å². The van der Waals surface area contributed by atoms with Crippen molar-refractivity contribution in [2.24, 2.45) is 0 Å². The minimum atomic E-state index is -0.289. The van der Waals surface area contributed by atoms with Crippen molar-refractivity contribution in [2.75, 3.05) is 16.4 Å². The maximum absolute atomic E-state index is 12.4. The normalized spacial score (nSPS) is 11.6. The lowest BCUT2D eigenvalue weighted by atomic mass is 10.3. The number of thioether (sulfide) groups is 1. The second-order valence-electron chi connectivity index (χ2n) is 5.88. The summed E-state index contributed by atoms with van der Waals surface area (Å²) in [6, 6.07) is 17.0. The number of halogens is 1. The van der Waals surface area contributed by atoms with Crippen LogP contribution >= 0.6 is 27.7 Å². The van der Waals surface area contributed by atoms with E-state index < -0.39 is 0 Å². The zero-order chi connectivity index (χ0) is 19.9. The Morgan fingerprint density at radius 3 is 2.61 bits per heavy atom. The number of hydrogen-bond donors (Lipinski definition) is 3. The Labute approximate surface area is 175 Å². The quantitative estimate of drug-likeness (QED) is 0.486. The molecule has 1 atom stereocenters. The first kappa shape index (κ1) is 20.1. The van der Waals surface area contributed by atoms with E-state index in [0.29, 0.717) is 17.5 Å². The molecule has 0 aliphatic heterocycles. The van der Waals surface area contributed by atoms with Gasteiger partial charge in [0.1, 0.15) is 5.82 Å². The highest BCUT2D eigenvalue weighted by molar-refractivity contribution is 9.10. The third-order valence-electron chi connectivity index (χ3n) is 3.65. The van der Waals surface area contributed by atoms with E-state index in [2.05, 4.69) is 41.5 Å². The number of nitrogen functional groups attached to an aromatic ring is 1. The molecule has 28 heavy (non-hydrogen) atoms. The number of carbonyl (C=O) groups is 1. The predicted molar refractivity (Wildman–Crippen MR) is 117 cm³/mol. The molecule has 0 saturated carbocycles. The molecule has 0 radical (unpaired) electrons. The molecule has 0 fully saturated rings. The fraction of sp³-hybridized carbons (Fsp3) is 0.158. The van der Waals surface area contributed by atoms with Crippen LogP contribution in [0.2, 0.25) is 0 Å². The van der Waals surface area contributed by atoms with Crippen molar-refractivity contribution in [3.05, 3.63) is 64.9 Å². The molecule has 0 aliphatic rings. The topological polar surface area (TPSA) is 106 Å². The van der Waals surface area contributed by atoms with E-state index in [4.69, 9.17) is 5.73 Å². The molecule has 9 heteroatoms. The van der Waals surface area contributed by atoms with Gasteiger partial charge in [0.05, 0.1) is 11.0 Å². The van der Waals surface area contributed by atoms with Gasteiger partial charge in [-0.05, 0) is 37.3 Å². The van der Waals surface area contributed by atoms with Crippen LogP contribution in [0.5, 0.6) is 0 Å². The molecular formula is C19H19BrN6OS. The average molecular weight is 459 g/mol. The number of aromatic nitrogens is 3. The van der Waals surface area contributed by atoms with Gasteiger partial charge in [-0.15, -0.1) is 11.8 Å². The highest BCUT2D eigenvalue weighted by atomic mass is 79.9. The lowest BCUT2D eigenvalue weighted by Gasteiger charge is -2.12. The summed E-state index contributed by atoms with van der Waals surface area (Å²) in [7, 11) is 0. The van der Waals surface area contributed by atoms with Gasteiger partial charge >= 0.3 is 0 Å².